The summed E-state index contributed by atoms with van der Waals surface area (Å²) in [6, 6.07) is 0. The standard InChI is InChI=1S/C8H16N2O/c1-2-8(11)10-6-7-3-4-9-5-7/h7,9H,2-6H2,1H3,(H,10,11). The van der Waals surface area contributed by atoms with E-state index in [1.54, 1.807) is 0 Å². The first-order valence-corrected chi connectivity index (χ1v) is 4.30. The van der Waals surface area contributed by atoms with Crippen LogP contribution in [0.4, 0.5) is 0 Å². The van der Waals surface area contributed by atoms with Crippen LogP contribution < -0.4 is 10.6 Å². The third kappa shape index (κ3) is 2.89. The van der Waals surface area contributed by atoms with Gasteiger partial charge in [-0.05, 0) is 25.4 Å². The summed E-state index contributed by atoms with van der Waals surface area (Å²) >= 11 is 0. The predicted molar refractivity (Wildman–Crippen MR) is 44.3 cm³/mol. The zero-order valence-electron chi connectivity index (χ0n) is 7.02. The van der Waals surface area contributed by atoms with Crippen LogP contribution in [-0.2, 0) is 4.79 Å². The summed E-state index contributed by atoms with van der Waals surface area (Å²) in [5, 5.41) is 6.16. The van der Waals surface area contributed by atoms with Gasteiger partial charge in [-0.1, -0.05) is 6.92 Å². The summed E-state index contributed by atoms with van der Waals surface area (Å²) in [5.41, 5.74) is 0. The number of hydrogen-bond acceptors (Lipinski definition) is 2. The molecule has 0 aliphatic carbocycles. The van der Waals surface area contributed by atoms with E-state index in [2.05, 4.69) is 10.6 Å². The zero-order valence-corrected chi connectivity index (χ0v) is 7.02. The Balaban J connectivity index is 2.06. The molecule has 3 nitrogen and oxygen atoms in total. The molecule has 0 aromatic rings. The number of nitrogens with one attached hydrogen (secondary N) is 2. The Bertz CT molecular complexity index is 130. The molecule has 1 atom stereocenters. The number of carbonyl (C=O) groups is 1. The van der Waals surface area contributed by atoms with Gasteiger partial charge in [0.2, 0.25) is 5.91 Å². The maximum atomic E-state index is 10.8. The molecule has 0 saturated carbocycles. The SMILES string of the molecule is CCC(=O)NCC1CCNC1. The molecular weight excluding hydrogens is 140 g/mol. The molecule has 1 aliphatic rings. The molecular formula is C8H16N2O. The van der Waals surface area contributed by atoms with Gasteiger partial charge in [0, 0.05) is 13.0 Å². The maximum absolute atomic E-state index is 10.8. The highest BCUT2D eigenvalue weighted by Crippen LogP contribution is 2.04. The van der Waals surface area contributed by atoms with Gasteiger partial charge in [0.05, 0.1) is 0 Å². The first kappa shape index (κ1) is 8.53. The van der Waals surface area contributed by atoms with Gasteiger partial charge in [0.15, 0.2) is 0 Å². The molecule has 11 heavy (non-hydrogen) atoms. The summed E-state index contributed by atoms with van der Waals surface area (Å²) in [6.45, 7) is 4.89. The molecule has 1 unspecified atom stereocenters. The van der Waals surface area contributed by atoms with Crippen LogP contribution in [0.3, 0.4) is 0 Å². The Hall–Kier alpha value is -0.570. The van der Waals surface area contributed by atoms with Gasteiger partial charge >= 0.3 is 0 Å². The van der Waals surface area contributed by atoms with E-state index in [1.165, 1.54) is 6.42 Å². The zero-order chi connectivity index (χ0) is 8.10. The molecule has 1 amide bonds. The van der Waals surface area contributed by atoms with E-state index >= 15 is 0 Å². The Labute approximate surface area is 67.5 Å². The average Bonchev–Trinajstić information content (AvgIpc) is 2.52. The molecule has 0 radical (unpaired) electrons. The summed E-state index contributed by atoms with van der Waals surface area (Å²) < 4.78 is 0. The van der Waals surface area contributed by atoms with Gasteiger partial charge < -0.3 is 10.6 Å². The van der Waals surface area contributed by atoms with Crippen molar-refractivity contribution < 1.29 is 4.79 Å². The van der Waals surface area contributed by atoms with Crippen molar-refractivity contribution in [2.75, 3.05) is 19.6 Å². The summed E-state index contributed by atoms with van der Waals surface area (Å²) in [7, 11) is 0. The van der Waals surface area contributed by atoms with E-state index in [0.29, 0.717) is 12.3 Å². The Morgan fingerprint density at radius 2 is 2.55 bits per heavy atom. The number of hydrogen-bond donors (Lipinski definition) is 2. The van der Waals surface area contributed by atoms with Gasteiger partial charge in [-0.3, -0.25) is 4.79 Å². The summed E-state index contributed by atoms with van der Waals surface area (Å²) in [4.78, 5) is 10.8. The Morgan fingerprint density at radius 3 is 3.09 bits per heavy atom. The topological polar surface area (TPSA) is 41.1 Å². The number of rotatable bonds is 3. The van der Waals surface area contributed by atoms with Crippen LogP contribution in [0.25, 0.3) is 0 Å². The van der Waals surface area contributed by atoms with E-state index in [0.717, 1.165) is 19.6 Å². The molecule has 1 fully saturated rings. The molecule has 0 aromatic carbocycles. The van der Waals surface area contributed by atoms with E-state index in [-0.39, 0.29) is 5.91 Å². The first-order chi connectivity index (χ1) is 5.33. The smallest absolute Gasteiger partial charge is 0.219 e. The van der Waals surface area contributed by atoms with E-state index < -0.39 is 0 Å². The molecule has 0 bridgehead atoms. The van der Waals surface area contributed by atoms with Crippen molar-refractivity contribution in [2.24, 2.45) is 5.92 Å². The Morgan fingerprint density at radius 1 is 1.73 bits per heavy atom. The third-order valence-electron chi connectivity index (χ3n) is 2.07. The van der Waals surface area contributed by atoms with Crippen molar-refractivity contribution in [3.63, 3.8) is 0 Å². The second-order valence-electron chi connectivity index (χ2n) is 3.02. The van der Waals surface area contributed by atoms with Crippen molar-refractivity contribution in [3.8, 4) is 0 Å². The molecule has 3 heteroatoms. The van der Waals surface area contributed by atoms with Crippen molar-refractivity contribution in [1.29, 1.82) is 0 Å². The van der Waals surface area contributed by atoms with Crippen molar-refractivity contribution in [1.82, 2.24) is 10.6 Å². The lowest BCUT2D eigenvalue weighted by Gasteiger charge is -2.08. The molecule has 64 valence electrons. The quantitative estimate of drug-likeness (QED) is 0.609. The highest BCUT2D eigenvalue weighted by molar-refractivity contribution is 5.75. The third-order valence-corrected chi connectivity index (χ3v) is 2.07. The molecule has 1 saturated heterocycles. The van der Waals surface area contributed by atoms with Crippen LogP contribution in [0, 0.1) is 5.92 Å². The lowest BCUT2D eigenvalue weighted by atomic mass is 10.1. The Kier molecular flexibility index (Phi) is 3.36. The fraction of sp³-hybridized carbons (Fsp3) is 0.875. The monoisotopic (exact) mass is 156 g/mol. The van der Waals surface area contributed by atoms with Gasteiger partial charge in [-0.25, -0.2) is 0 Å². The molecule has 1 aliphatic heterocycles. The van der Waals surface area contributed by atoms with Crippen LogP contribution in [-0.4, -0.2) is 25.5 Å². The number of carbonyl (C=O) groups excluding carboxylic acids is 1. The summed E-state index contributed by atoms with van der Waals surface area (Å²) in [5.74, 6) is 0.822. The van der Waals surface area contributed by atoms with Gasteiger partial charge in [0.25, 0.3) is 0 Å². The van der Waals surface area contributed by atoms with E-state index in [1.807, 2.05) is 6.92 Å². The molecule has 1 heterocycles. The van der Waals surface area contributed by atoms with Crippen LogP contribution in [0.1, 0.15) is 19.8 Å². The molecule has 2 N–H and O–H groups in total. The van der Waals surface area contributed by atoms with Crippen molar-refractivity contribution >= 4 is 5.91 Å². The van der Waals surface area contributed by atoms with Crippen LogP contribution in [0.5, 0.6) is 0 Å². The average molecular weight is 156 g/mol. The maximum Gasteiger partial charge on any atom is 0.219 e. The molecule has 1 rings (SSSR count). The lowest BCUT2D eigenvalue weighted by molar-refractivity contribution is -0.120. The first-order valence-electron chi connectivity index (χ1n) is 4.30. The summed E-state index contributed by atoms with van der Waals surface area (Å²) in [6.07, 6.45) is 1.80. The fourth-order valence-corrected chi connectivity index (χ4v) is 1.27. The number of amides is 1. The minimum Gasteiger partial charge on any atom is -0.356 e. The molecule has 0 spiro atoms. The van der Waals surface area contributed by atoms with Gasteiger partial charge in [0.1, 0.15) is 0 Å². The second-order valence-corrected chi connectivity index (χ2v) is 3.02. The van der Waals surface area contributed by atoms with Crippen molar-refractivity contribution in [2.45, 2.75) is 19.8 Å². The lowest BCUT2D eigenvalue weighted by Crippen LogP contribution is -2.29. The minimum atomic E-state index is 0.164. The highest BCUT2D eigenvalue weighted by atomic mass is 16.1. The second kappa shape index (κ2) is 4.34. The van der Waals surface area contributed by atoms with Gasteiger partial charge in [-0.15, -0.1) is 0 Å². The van der Waals surface area contributed by atoms with E-state index in [9.17, 15) is 4.79 Å². The highest BCUT2D eigenvalue weighted by Gasteiger charge is 2.14. The van der Waals surface area contributed by atoms with Crippen LogP contribution in [0.15, 0.2) is 0 Å². The largest absolute Gasteiger partial charge is 0.356 e. The van der Waals surface area contributed by atoms with E-state index in [4.69, 9.17) is 0 Å². The van der Waals surface area contributed by atoms with Crippen LogP contribution >= 0.6 is 0 Å². The molecule has 0 aromatic heterocycles. The predicted octanol–water partition coefficient (Wildman–Crippen LogP) is 0.122. The van der Waals surface area contributed by atoms with Gasteiger partial charge in [-0.2, -0.15) is 0 Å². The fourth-order valence-electron chi connectivity index (χ4n) is 1.27. The van der Waals surface area contributed by atoms with Crippen molar-refractivity contribution in [3.05, 3.63) is 0 Å². The minimum absolute atomic E-state index is 0.164. The normalized spacial score (nSPS) is 23.5. The van der Waals surface area contributed by atoms with Crippen LogP contribution in [0.2, 0.25) is 0 Å².